The number of rotatable bonds is 5. The van der Waals surface area contributed by atoms with Crippen LogP contribution in [0.5, 0.6) is 0 Å². The molecule has 1 saturated carbocycles. The standard InChI is InChI=1S/C10H20N2O2/c11-8-10(13)12-6-7-14-9-4-2-1-3-5-9/h9H,1-8,11H2,(H,12,13). The van der Waals surface area contributed by atoms with E-state index in [0.717, 1.165) is 0 Å². The minimum atomic E-state index is -0.114. The molecular formula is C10H20N2O2. The summed E-state index contributed by atoms with van der Waals surface area (Å²) >= 11 is 0. The highest BCUT2D eigenvalue weighted by molar-refractivity contribution is 5.77. The Bertz CT molecular complexity index is 168. The molecule has 0 aromatic rings. The summed E-state index contributed by atoms with van der Waals surface area (Å²) in [6, 6.07) is 0. The van der Waals surface area contributed by atoms with Crippen molar-refractivity contribution in [3.8, 4) is 0 Å². The normalized spacial score (nSPS) is 18.1. The molecule has 0 atom stereocenters. The molecule has 0 unspecified atom stereocenters. The van der Waals surface area contributed by atoms with Gasteiger partial charge >= 0.3 is 0 Å². The van der Waals surface area contributed by atoms with E-state index in [2.05, 4.69) is 5.32 Å². The predicted octanol–water partition coefficient (Wildman–Crippen LogP) is 0.411. The molecule has 0 radical (unpaired) electrons. The van der Waals surface area contributed by atoms with Crippen LogP contribution in [0.15, 0.2) is 0 Å². The van der Waals surface area contributed by atoms with Gasteiger partial charge in [-0.25, -0.2) is 0 Å². The maximum Gasteiger partial charge on any atom is 0.233 e. The van der Waals surface area contributed by atoms with Crippen LogP contribution in [0.2, 0.25) is 0 Å². The van der Waals surface area contributed by atoms with Crippen molar-refractivity contribution < 1.29 is 9.53 Å². The molecule has 0 aromatic carbocycles. The molecule has 1 rings (SSSR count). The quantitative estimate of drug-likeness (QED) is 0.632. The van der Waals surface area contributed by atoms with Crippen LogP contribution in [0, 0.1) is 0 Å². The third kappa shape index (κ3) is 4.58. The largest absolute Gasteiger partial charge is 0.376 e. The topological polar surface area (TPSA) is 64.4 Å². The Morgan fingerprint density at radius 2 is 2.07 bits per heavy atom. The fourth-order valence-electron chi connectivity index (χ4n) is 1.72. The lowest BCUT2D eigenvalue weighted by atomic mass is 9.98. The SMILES string of the molecule is NCC(=O)NCCOC1CCCCC1. The first-order valence-corrected chi connectivity index (χ1v) is 5.41. The Morgan fingerprint density at radius 1 is 1.36 bits per heavy atom. The monoisotopic (exact) mass is 200 g/mol. The van der Waals surface area contributed by atoms with E-state index in [1.807, 2.05) is 0 Å². The number of hydrogen-bond donors (Lipinski definition) is 2. The van der Waals surface area contributed by atoms with E-state index in [0.29, 0.717) is 19.3 Å². The van der Waals surface area contributed by atoms with Gasteiger partial charge in [0.05, 0.1) is 19.3 Å². The van der Waals surface area contributed by atoms with Crippen LogP contribution in [-0.2, 0) is 9.53 Å². The van der Waals surface area contributed by atoms with Crippen molar-refractivity contribution in [2.75, 3.05) is 19.7 Å². The third-order valence-electron chi connectivity index (χ3n) is 2.52. The second-order valence-electron chi connectivity index (χ2n) is 3.68. The molecule has 0 spiro atoms. The molecule has 1 fully saturated rings. The van der Waals surface area contributed by atoms with Crippen LogP contribution in [-0.4, -0.2) is 31.7 Å². The van der Waals surface area contributed by atoms with Crippen molar-refractivity contribution in [2.45, 2.75) is 38.2 Å². The van der Waals surface area contributed by atoms with Gasteiger partial charge in [-0.3, -0.25) is 4.79 Å². The van der Waals surface area contributed by atoms with Gasteiger partial charge in [0.15, 0.2) is 0 Å². The van der Waals surface area contributed by atoms with Gasteiger partial charge in [-0.2, -0.15) is 0 Å². The average Bonchev–Trinajstić information content (AvgIpc) is 2.25. The Morgan fingerprint density at radius 3 is 2.71 bits per heavy atom. The number of ether oxygens (including phenoxy) is 1. The predicted molar refractivity (Wildman–Crippen MR) is 54.9 cm³/mol. The average molecular weight is 200 g/mol. The van der Waals surface area contributed by atoms with E-state index in [1.54, 1.807) is 0 Å². The summed E-state index contributed by atoms with van der Waals surface area (Å²) in [7, 11) is 0. The summed E-state index contributed by atoms with van der Waals surface area (Å²) in [6.45, 7) is 1.24. The van der Waals surface area contributed by atoms with Crippen molar-refractivity contribution in [1.29, 1.82) is 0 Å². The van der Waals surface area contributed by atoms with Crippen molar-refractivity contribution >= 4 is 5.91 Å². The molecule has 4 nitrogen and oxygen atoms in total. The first-order valence-electron chi connectivity index (χ1n) is 5.41. The first-order chi connectivity index (χ1) is 6.83. The van der Waals surface area contributed by atoms with E-state index in [4.69, 9.17) is 10.5 Å². The molecule has 3 N–H and O–H groups in total. The first kappa shape index (κ1) is 11.5. The van der Waals surface area contributed by atoms with Crippen molar-refractivity contribution in [1.82, 2.24) is 5.32 Å². The molecule has 0 aliphatic heterocycles. The highest BCUT2D eigenvalue weighted by Crippen LogP contribution is 2.19. The molecule has 4 heteroatoms. The van der Waals surface area contributed by atoms with E-state index in [1.165, 1.54) is 32.1 Å². The van der Waals surface area contributed by atoms with Gasteiger partial charge < -0.3 is 15.8 Å². The van der Waals surface area contributed by atoms with Crippen LogP contribution in [0.1, 0.15) is 32.1 Å². The Kier molecular flexibility index (Phi) is 5.56. The molecule has 0 bridgehead atoms. The van der Waals surface area contributed by atoms with Crippen LogP contribution in [0.4, 0.5) is 0 Å². The van der Waals surface area contributed by atoms with Crippen LogP contribution in [0.25, 0.3) is 0 Å². The van der Waals surface area contributed by atoms with E-state index >= 15 is 0 Å². The van der Waals surface area contributed by atoms with Gasteiger partial charge in [-0.05, 0) is 12.8 Å². The number of carbonyl (C=O) groups is 1. The fourth-order valence-corrected chi connectivity index (χ4v) is 1.72. The summed E-state index contributed by atoms with van der Waals surface area (Å²) in [5.41, 5.74) is 5.14. The van der Waals surface area contributed by atoms with E-state index < -0.39 is 0 Å². The van der Waals surface area contributed by atoms with Gasteiger partial charge in [0, 0.05) is 6.54 Å². The van der Waals surface area contributed by atoms with Gasteiger partial charge in [-0.15, -0.1) is 0 Å². The Hall–Kier alpha value is -0.610. The molecule has 0 aromatic heterocycles. The van der Waals surface area contributed by atoms with Crippen LogP contribution >= 0.6 is 0 Å². The van der Waals surface area contributed by atoms with Gasteiger partial charge in [0.2, 0.25) is 5.91 Å². The Balaban J connectivity index is 1.94. The maximum absolute atomic E-state index is 10.8. The van der Waals surface area contributed by atoms with E-state index in [-0.39, 0.29) is 12.5 Å². The summed E-state index contributed by atoms with van der Waals surface area (Å²) in [5, 5.41) is 2.68. The van der Waals surface area contributed by atoms with Crippen LogP contribution in [0.3, 0.4) is 0 Å². The lowest BCUT2D eigenvalue weighted by Crippen LogP contribution is -2.33. The molecule has 1 amide bonds. The highest BCUT2D eigenvalue weighted by atomic mass is 16.5. The van der Waals surface area contributed by atoms with Gasteiger partial charge in [0.1, 0.15) is 0 Å². The fraction of sp³-hybridized carbons (Fsp3) is 0.900. The van der Waals surface area contributed by atoms with Crippen molar-refractivity contribution in [2.24, 2.45) is 5.73 Å². The molecule has 82 valence electrons. The zero-order chi connectivity index (χ0) is 10.2. The number of hydrogen-bond acceptors (Lipinski definition) is 3. The molecule has 0 heterocycles. The zero-order valence-electron chi connectivity index (χ0n) is 8.63. The summed E-state index contributed by atoms with van der Waals surface area (Å²) in [6.07, 6.45) is 6.65. The number of nitrogens with one attached hydrogen (secondary N) is 1. The molecule has 14 heavy (non-hydrogen) atoms. The number of nitrogens with two attached hydrogens (primary N) is 1. The Labute approximate surface area is 85.2 Å². The summed E-state index contributed by atoms with van der Waals surface area (Å²) in [4.78, 5) is 10.8. The second kappa shape index (κ2) is 6.79. The van der Waals surface area contributed by atoms with Crippen molar-refractivity contribution in [3.05, 3.63) is 0 Å². The summed E-state index contributed by atoms with van der Waals surface area (Å²) < 4.78 is 5.62. The number of carbonyl (C=O) groups excluding carboxylic acids is 1. The maximum atomic E-state index is 10.8. The smallest absolute Gasteiger partial charge is 0.233 e. The minimum Gasteiger partial charge on any atom is -0.376 e. The van der Waals surface area contributed by atoms with E-state index in [9.17, 15) is 4.79 Å². The molecule has 1 aliphatic rings. The molecule has 1 aliphatic carbocycles. The third-order valence-corrected chi connectivity index (χ3v) is 2.52. The molecule has 0 saturated heterocycles. The van der Waals surface area contributed by atoms with Crippen LogP contribution < -0.4 is 11.1 Å². The summed E-state index contributed by atoms with van der Waals surface area (Å²) in [5.74, 6) is -0.114. The highest BCUT2D eigenvalue weighted by Gasteiger charge is 2.12. The lowest BCUT2D eigenvalue weighted by Gasteiger charge is -2.21. The van der Waals surface area contributed by atoms with Crippen molar-refractivity contribution in [3.63, 3.8) is 0 Å². The second-order valence-corrected chi connectivity index (χ2v) is 3.68. The lowest BCUT2D eigenvalue weighted by molar-refractivity contribution is -0.120. The van der Waals surface area contributed by atoms with Gasteiger partial charge in [-0.1, -0.05) is 19.3 Å². The number of amides is 1. The van der Waals surface area contributed by atoms with Gasteiger partial charge in [0.25, 0.3) is 0 Å². The molecular weight excluding hydrogens is 180 g/mol. The minimum absolute atomic E-state index is 0.0590. The zero-order valence-corrected chi connectivity index (χ0v) is 8.63.